The minimum Gasteiger partial charge on any atom is -0.350 e. The van der Waals surface area contributed by atoms with Gasteiger partial charge in [0.15, 0.2) is 0 Å². The minimum absolute atomic E-state index is 0.236. The smallest absolute Gasteiger partial charge is 0.274 e. The standard InChI is InChI=1S/C22H24N4O/c1-4-18-7-5-6-8-19(18)25-21(27)20-13-16(3)24-22(26-20)23-14-17-11-9-15(2)10-12-17/h5-13H,4,14H2,1-3H3,(H,25,27)(H,23,24,26). The summed E-state index contributed by atoms with van der Waals surface area (Å²) >= 11 is 0. The van der Waals surface area contributed by atoms with E-state index in [1.165, 1.54) is 5.56 Å². The van der Waals surface area contributed by atoms with Crippen molar-refractivity contribution in [1.29, 1.82) is 0 Å². The highest BCUT2D eigenvalue weighted by Crippen LogP contribution is 2.17. The average Bonchev–Trinajstić information content (AvgIpc) is 2.67. The van der Waals surface area contributed by atoms with Gasteiger partial charge >= 0.3 is 0 Å². The molecule has 3 aromatic rings. The summed E-state index contributed by atoms with van der Waals surface area (Å²) in [4.78, 5) is 21.4. The molecule has 5 heteroatoms. The molecule has 0 fully saturated rings. The van der Waals surface area contributed by atoms with E-state index in [0.717, 1.165) is 28.9 Å². The van der Waals surface area contributed by atoms with Crippen LogP contribution in [0.4, 0.5) is 11.6 Å². The van der Waals surface area contributed by atoms with Crippen LogP contribution in [-0.4, -0.2) is 15.9 Å². The normalized spacial score (nSPS) is 10.5. The number of aryl methyl sites for hydroxylation is 3. The molecule has 0 bridgehead atoms. The molecule has 0 aliphatic rings. The minimum atomic E-state index is -0.236. The highest BCUT2D eigenvalue weighted by Gasteiger charge is 2.12. The quantitative estimate of drug-likeness (QED) is 0.678. The van der Waals surface area contributed by atoms with Crippen LogP contribution < -0.4 is 10.6 Å². The average molecular weight is 360 g/mol. The fourth-order valence-electron chi connectivity index (χ4n) is 2.79. The maximum Gasteiger partial charge on any atom is 0.274 e. The predicted octanol–water partition coefficient (Wildman–Crippen LogP) is 4.52. The topological polar surface area (TPSA) is 66.9 Å². The van der Waals surface area contributed by atoms with E-state index in [1.54, 1.807) is 6.07 Å². The molecule has 3 rings (SSSR count). The first-order chi connectivity index (χ1) is 13.0. The Labute approximate surface area is 159 Å². The molecule has 1 aromatic heterocycles. The van der Waals surface area contributed by atoms with E-state index in [0.29, 0.717) is 18.2 Å². The number of nitrogens with one attached hydrogen (secondary N) is 2. The fourth-order valence-corrected chi connectivity index (χ4v) is 2.79. The van der Waals surface area contributed by atoms with Crippen molar-refractivity contribution >= 4 is 17.5 Å². The molecular weight excluding hydrogens is 336 g/mol. The van der Waals surface area contributed by atoms with E-state index in [-0.39, 0.29) is 5.91 Å². The van der Waals surface area contributed by atoms with Crippen molar-refractivity contribution in [1.82, 2.24) is 9.97 Å². The number of carbonyl (C=O) groups excluding carboxylic acids is 1. The number of carbonyl (C=O) groups is 1. The maximum atomic E-state index is 12.7. The number of benzene rings is 2. The van der Waals surface area contributed by atoms with Crippen molar-refractivity contribution in [3.05, 3.63) is 82.7 Å². The van der Waals surface area contributed by atoms with Gasteiger partial charge in [0.05, 0.1) is 0 Å². The van der Waals surface area contributed by atoms with Gasteiger partial charge in [0.25, 0.3) is 5.91 Å². The van der Waals surface area contributed by atoms with Crippen LogP contribution in [0.3, 0.4) is 0 Å². The first-order valence-electron chi connectivity index (χ1n) is 9.09. The highest BCUT2D eigenvalue weighted by atomic mass is 16.1. The summed E-state index contributed by atoms with van der Waals surface area (Å²) in [5.41, 5.74) is 5.35. The Balaban J connectivity index is 1.74. The Morgan fingerprint density at radius 2 is 1.74 bits per heavy atom. The van der Waals surface area contributed by atoms with Gasteiger partial charge in [-0.15, -0.1) is 0 Å². The lowest BCUT2D eigenvalue weighted by atomic mass is 10.1. The number of nitrogens with zero attached hydrogens (tertiary/aromatic N) is 2. The summed E-state index contributed by atoms with van der Waals surface area (Å²) < 4.78 is 0. The van der Waals surface area contributed by atoms with E-state index in [2.05, 4.69) is 58.7 Å². The summed E-state index contributed by atoms with van der Waals surface area (Å²) in [6.07, 6.45) is 0.850. The highest BCUT2D eigenvalue weighted by molar-refractivity contribution is 6.03. The second-order valence-corrected chi connectivity index (χ2v) is 6.52. The zero-order valence-electron chi connectivity index (χ0n) is 15.9. The van der Waals surface area contributed by atoms with Crippen molar-refractivity contribution in [3.63, 3.8) is 0 Å². The molecule has 0 radical (unpaired) electrons. The molecule has 1 amide bonds. The van der Waals surface area contributed by atoms with Crippen LogP contribution in [0.25, 0.3) is 0 Å². The molecular formula is C22H24N4O. The van der Waals surface area contributed by atoms with E-state index < -0.39 is 0 Å². The molecule has 0 spiro atoms. The van der Waals surface area contributed by atoms with Gasteiger partial charge in [0.2, 0.25) is 5.95 Å². The van der Waals surface area contributed by atoms with Crippen LogP contribution in [0.2, 0.25) is 0 Å². The SMILES string of the molecule is CCc1ccccc1NC(=O)c1cc(C)nc(NCc2ccc(C)cc2)n1. The molecule has 2 N–H and O–H groups in total. The lowest BCUT2D eigenvalue weighted by Gasteiger charge is -2.11. The molecule has 1 heterocycles. The number of hydrogen-bond acceptors (Lipinski definition) is 4. The third-order valence-electron chi connectivity index (χ3n) is 4.30. The van der Waals surface area contributed by atoms with Crippen molar-refractivity contribution in [3.8, 4) is 0 Å². The number of para-hydroxylation sites is 1. The van der Waals surface area contributed by atoms with Crippen molar-refractivity contribution < 1.29 is 4.79 Å². The summed E-state index contributed by atoms with van der Waals surface area (Å²) in [6, 6.07) is 17.7. The zero-order chi connectivity index (χ0) is 19.2. The van der Waals surface area contributed by atoms with E-state index >= 15 is 0 Å². The monoisotopic (exact) mass is 360 g/mol. The van der Waals surface area contributed by atoms with Gasteiger partial charge in [0, 0.05) is 17.9 Å². The van der Waals surface area contributed by atoms with Gasteiger partial charge < -0.3 is 10.6 Å². The predicted molar refractivity (Wildman–Crippen MR) is 109 cm³/mol. The lowest BCUT2D eigenvalue weighted by Crippen LogP contribution is -2.17. The molecule has 27 heavy (non-hydrogen) atoms. The van der Waals surface area contributed by atoms with E-state index in [1.807, 2.05) is 31.2 Å². The van der Waals surface area contributed by atoms with Gasteiger partial charge in [-0.25, -0.2) is 9.97 Å². The molecule has 0 aliphatic heterocycles. The third kappa shape index (κ3) is 4.91. The van der Waals surface area contributed by atoms with E-state index in [4.69, 9.17) is 0 Å². The molecule has 0 unspecified atom stereocenters. The summed E-state index contributed by atoms with van der Waals surface area (Å²) in [5, 5.41) is 6.16. The van der Waals surface area contributed by atoms with Gasteiger partial charge in [-0.05, 0) is 43.5 Å². The first-order valence-corrected chi connectivity index (χ1v) is 9.09. The number of amides is 1. The number of rotatable bonds is 6. The molecule has 0 saturated carbocycles. The molecule has 0 atom stereocenters. The van der Waals surface area contributed by atoms with Crippen LogP contribution in [0.1, 0.15) is 39.8 Å². The molecule has 5 nitrogen and oxygen atoms in total. The van der Waals surface area contributed by atoms with Gasteiger partial charge in [-0.2, -0.15) is 0 Å². The second-order valence-electron chi connectivity index (χ2n) is 6.52. The Bertz CT molecular complexity index is 935. The number of anilines is 2. The first kappa shape index (κ1) is 18.6. The van der Waals surface area contributed by atoms with Gasteiger partial charge in [0.1, 0.15) is 5.69 Å². The van der Waals surface area contributed by atoms with Crippen LogP contribution in [0, 0.1) is 13.8 Å². The molecule has 0 aliphatic carbocycles. The van der Waals surface area contributed by atoms with Crippen LogP contribution in [-0.2, 0) is 13.0 Å². The maximum absolute atomic E-state index is 12.7. The number of hydrogen-bond donors (Lipinski definition) is 2. The van der Waals surface area contributed by atoms with Crippen LogP contribution in [0.15, 0.2) is 54.6 Å². The zero-order valence-corrected chi connectivity index (χ0v) is 15.9. The van der Waals surface area contributed by atoms with E-state index in [9.17, 15) is 4.79 Å². The Kier molecular flexibility index (Phi) is 5.81. The van der Waals surface area contributed by atoms with Crippen LogP contribution >= 0.6 is 0 Å². The Hall–Kier alpha value is -3.21. The molecule has 0 saturated heterocycles. The van der Waals surface area contributed by atoms with Gasteiger partial charge in [-0.1, -0.05) is 55.0 Å². The molecule has 2 aromatic carbocycles. The summed E-state index contributed by atoms with van der Waals surface area (Å²) in [7, 11) is 0. The van der Waals surface area contributed by atoms with Crippen molar-refractivity contribution in [2.24, 2.45) is 0 Å². The van der Waals surface area contributed by atoms with Crippen molar-refractivity contribution in [2.45, 2.75) is 33.7 Å². The third-order valence-corrected chi connectivity index (χ3v) is 4.30. The molecule has 138 valence electrons. The number of aromatic nitrogens is 2. The van der Waals surface area contributed by atoms with Gasteiger partial charge in [-0.3, -0.25) is 4.79 Å². The Morgan fingerprint density at radius 1 is 1.00 bits per heavy atom. The fraction of sp³-hybridized carbons (Fsp3) is 0.227. The largest absolute Gasteiger partial charge is 0.350 e. The second kappa shape index (κ2) is 8.45. The Morgan fingerprint density at radius 3 is 2.48 bits per heavy atom. The van der Waals surface area contributed by atoms with Crippen molar-refractivity contribution in [2.75, 3.05) is 10.6 Å². The van der Waals surface area contributed by atoms with Crippen LogP contribution in [0.5, 0.6) is 0 Å². The summed E-state index contributed by atoms with van der Waals surface area (Å²) in [6.45, 7) is 6.58. The lowest BCUT2D eigenvalue weighted by molar-refractivity contribution is 0.102. The summed E-state index contributed by atoms with van der Waals surface area (Å²) in [5.74, 6) is 0.212.